The number of hydrogen-bond donors (Lipinski definition) is 0. The number of benzene rings is 2. The summed E-state index contributed by atoms with van der Waals surface area (Å²) >= 11 is 0. The zero-order chi connectivity index (χ0) is 15.5. The highest BCUT2D eigenvalue weighted by Gasteiger charge is 2.19. The van der Waals surface area contributed by atoms with E-state index in [0.29, 0.717) is 6.79 Å². The van der Waals surface area contributed by atoms with Crippen molar-refractivity contribution in [2.24, 2.45) is 0 Å². The van der Waals surface area contributed by atoms with Gasteiger partial charge in [-0.25, -0.2) is 0 Å². The third-order valence-corrected chi connectivity index (χ3v) is 4.48. The van der Waals surface area contributed by atoms with Gasteiger partial charge in [-0.1, -0.05) is 30.3 Å². The van der Waals surface area contributed by atoms with Crippen molar-refractivity contribution in [3.63, 3.8) is 0 Å². The van der Waals surface area contributed by atoms with Crippen LogP contribution >= 0.6 is 0 Å². The molecule has 0 atom stereocenters. The molecule has 0 aromatic heterocycles. The molecule has 4 rings (SSSR count). The molecule has 1 saturated heterocycles. The van der Waals surface area contributed by atoms with Crippen molar-refractivity contribution in [1.29, 1.82) is 0 Å². The molecule has 1 radical (unpaired) electrons. The van der Waals surface area contributed by atoms with Crippen LogP contribution in [0.1, 0.15) is 11.1 Å². The highest BCUT2D eigenvalue weighted by Crippen LogP contribution is 2.32. The summed E-state index contributed by atoms with van der Waals surface area (Å²) in [7, 11) is 0. The minimum atomic E-state index is 0.341. The Morgan fingerprint density at radius 1 is 0.870 bits per heavy atom. The van der Waals surface area contributed by atoms with Crippen LogP contribution in [0.25, 0.3) is 0 Å². The maximum atomic E-state index is 5.46. The lowest BCUT2D eigenvalue weighted by atomic mass is 10.1. The fourth-order valence-electron chi connectivity index (χ4n) is 3.17. The highest BCUT2D eigenvalue weighted by molar-refractivity contribution is 5.44. The lowest BCUT2D eigenvalue weighted by Crippen LogP contribution is -2.45. The summed E-state index contributed by atoms with van der Waals surface area (Å²) in [5.41, 5.74) is 2.57. The quantitative estimate of drug-likeness (QED) is 0.866. The lowest BCUT2D eigenvalue weighted by molar-refractivity contribution is 0.122. The van der Waals surface area contributed by atoms with Crippen molar-refractivity contribution >= 4 is 0 Å². The van der Waals surface area contributed by atoms with Gasteiger partial charge in [0.2, 0.25) is 6.79 Å². The lowest BCUT2D eigenvalue weighted by Gasteiger charge is -2.34. The van der Waals surface area contributed by atoms with Gasteiger partial charge in [-0.05, 0) is 29.3 Å². The number of fused-ring (bicyclic) bond motifs is 1. The predicted molar refractivity (Wildman–Crippen MR) is 88.4 cm³/mol. The molecule has 2 aliphatic heterocycles. The Kier molecular flexibility index (Phi) is 4.18. The molecule has 0 spiro atoms. The minimum absolute atomic E-state index is 0.341. The SMILES string of the molecule is [c]1ccccc1CN1CCN(Cc2ccc3c(c2)OCO3)CC1. The second kappa shape index (κ2) is 6.60. The second-order valence-electron chi connectivity index (χ2n) is 6.13. The van der Waals surface area contributed by atoms with E-state index < -0.39 is 0 Å². The van der Waals surface area contributed by atoms with Gasteiger partial charge in [0.15, 0.2) is 11.5 Å². The first-order valence-corrected chi connectivity index (χ1v) is 8.16. The first-order valence-electron chi connectivity index (χ1n) is 8.16. The van der Waals surface area contributed by atoms with Crippen molar-refractivity contribution in [3.05, 3.63) is 59.7 Å². The Morgan fingerprint density at radius 2 is 1.65 bits per heavy atom. The second-order valence-corrected chi connectivity index (χ2v) is 6.13. The van der Waals surface area contributed by atoms with Crippen LogP contribution in [-0.4, -0.2) is 42.8 Å². The van der Waals surface area contributed by atoms with Crippen molar-refractivity contribution in [2.45, 2.75) is 13.1 Å². The molecular formula is C19H21N2O2. The van der Waals surface area contributed by atoms with Gasteiger partial charge in [-0.2, -0.15) is 0 Å². The van der Waals surface area contributed by atoms with Crippen LogP contribution in [0, 0.1) is 6.07 Å². The molecule has 23 heavy (non-hydrogen) atoms. The summed E-state index contributed by atoms with van der Waals surface area (Å²) in [6.45, 7) is 6.72. The molecule has 0 saturated carbocycles. The monoisotopic (exact) mass is 309 g/mol. The molecule has 0 amide bonds. The van der Waals surface area contributed by atoms with Crippen molar-refractivity contribution < 1.29 is 9.47 Å². The van der Waals surface area contributed by atoms with Gasteiger partial charge in [-0.3, -0.25) is 9.80 Å². The molecule has 2 aliphatic rings. The summed E-state index contributed by atoms with van der Waals surface area (Å²) in [5.74, 6) is 1.73. The zero-order valence-electron chi connectivity index (χ0n) is 13.2. The summed E-state index contributed by atoms with van der Waals surface area (Å²) in [6.07, 6.45) is 0. The Balaban J connectivity index is 1.30. The number of ether oxygens (including phenoxy) is 2. The maximum Gasteiger partial charge on any atom is 0.231 e. The van der Waals surface area contributed by atoms with Gasteiger partial charge < -0.3 is 9.47 Å². The van der Waals surface area contributed by atoms with Crippen LogP contribution in [0.3, 0.4) is 0 Å². The first-order chi connectivity index (χ1) is 11.4. The summed E-state index contributed by atoms with van der Waals surface area (Å²) in [6, 6.07) is 17.8. The first kappa shape index (κ1) is 14.5. The van der Waals surface area contributed by atoms with E-state index >= 15 is 0 Å². The van der Waals surface area contributed by atoms with E-state index in [1.54, 1.807) is 0 Å². The molecule has 0 unspecified atom stereocenters. The third-order valence-electron chi connectivity index (χ3n) is 4.48. The van der Waals surface area contributed by atoms with Gasteiger partial charge in [0.25, 0.3) is 0 Å². The van der Waals surface area contributed by atoms with Gasteiger partial charge in [0.1, 0.15) is 0 Å². The molecule has 1 fully saturated rings. The topological polar surface area (TPSA) is 24.9 Å². The van der Waals surface area contributed by atoms with E-state index in [2.05, 4.69) is 40.1 Å². The Bertz CT molecular complexity index is 652. The summed E-state index contributed by atoms with van der Waals surface area (Å²) in [5, 5.41) is 0. The Hall–Kier alpha value is -2.04. The van der Waals surface area contributed by atoms with E-state index in [-0.39, 0.29) is 0 Å². The average Bonchev–Trinajstić information content (AvgIpc) is 3.05. The Morgan fingerprint density at radius 3 is 2.43 bits per heavy atom. The molecule has 119 valence electrons. The Labute approximate surface area is 137 Å². The van der Waals surface area contributed by atoms with Crippen LogP contribution in [-0.2, 0) is 13.1 Å². The molecule has 2 heterocycles. The number of hydrogen-bond acceptors (Lipinski definition) is 4. The van der Waals surface area contributed by atoms with Crippen LogP contribution in [0.4, 0.5) is 0 Å². The molecule has 0 bridgehead atoms. The molecule has 4 nitrogen and oxygen atoms in total. The average molecular weight is 309 g/mol. The van der Waals surface area contributed by atoms with Gasteiger partial charge in [0, 0.05) is 39.3 Å². The largest absolute Gasteiger partial charge is 0.454 e. The van der Waals surface area contributed by atoms with Gasteiger partial charge >= 0.3 is 0 Å². The third kappa shape index (κ3) is 3.49. The molecule has 2 aromatic rings. The smallest absolute Gasteiger partial charge is 0.231 e. The van der Waals surface area contributed by atoms with Crippen LogP contribution in [0.15, 0.2) is 42.5 Å². The van der Waals surface area contributed by atoms with Gasteiger partial charge in [0.05, 0.1) is 0 Å². The molecule has 2 aromatic carbocycles. The fourth-order valence-corrected chi connectivity index (χ4v) is 3.17. The van der Waals surface area contributed by atoms with E-state index in [1.165, 1.54) is 11.1 Å². The van der Waals surface area contributed by atoms with Crippen molar-refractivity contribution in [1.82, 2.24) is 9.80 Å². The minimum Gasteiger partial charge on any atom is -0.454 e. The van der Waals surface area contributed by atoms with Crippen molar-refractivity contribution in [2.75, 3.05) is 33.0 Å². The number of nitrogens with zero attached hydrogens (tertiary/aromatic N) is 2. The predicted octanol–water partition coefficient (Wildman–Crippen LogP) is 2.53. The number of rotatable bonds is 4. The molecular weight excluding hydrogens is 288 g/mol. The number of piperazine rings is 1. The molecule has 0 N–H and O–H groups in total. The maximum absolute atomic E-state index is 5.46. The van der Waals surface area contributed by atoms with E-state index in [4.69, 9.17) is 9.47 Å². The normalized spacial score (nSPS) is 18.3. The standard InChI is InChI=1S/C19H21N2O2/c1-2-4-16(5-3-1)13-20-8-10-21(11-9-20)14-17-6-7-18-19(12-17)23-15-22-18/h1-4,6-7,12H,8-11,13-15H2. The van der Waals surface area contributed by atoms with E-state index in [0.717, 1.165) is 50.8 Å². The van der Waals surface area contributed by atoms with Gasteiger partial charge in [-0.15, -0.1) is 0 Å². The van der Waals surface area contributed by atoms with Crippen LogP contribution < -0.4 is 9.47 Å². The molecule has 4 heteroatoms. The summed E-state index contributed by atoms with van der Waals surface area (Å²) in [4.78, 5) is 5.00. The summed E-state index contributed by atoms with van der Waals surface area (Å²) < 4.78 is 10.8. The van der Waals surface area contributed by atoms with Crippen molar-refractivity contribution in [3.8, 4) is 11.5 Å². The van der Waals surface area contributed by atoms with Crippen LogP contribution in [0.5, 0.6) is 11.5 Å². The van der Waals surface area contributed by atoms with E-state index in [9.17, 15) is 0 Å². The zero-order valence-corrected chi connectivity index (χ0v) is 13.2. The highest BCUT2D eigenvalue weighted by atomic mass is 16.7. The molecule has 0 aliphatic carbocycles. The van der Waals surface area contributed by atoms with E-state index in [1.807, 2.05) is 18.2 Å². The van der Waals surface area contributed by atoms with Crippen LogP contribution in [0.2, 0.25) is 0 Å². The fraction of sp³-hybridized carbons (Fsp3) is 0.368.